The first-order valence-corrected chi connectivity index (χ1v) is 6.63. The second kappa shape index (κ2) is 7.30. The highest BCUT2D eigenvalue weighted by molar-refractivity contribution is 9.10. The number of carboxylic acids is 1. The van der Waals surface area contributed by atoms with Gasteiger partial charge in [0.25, 0.3) is 0 Å². The summed E-state index contributed by atoms with van der Waals surface area (Å²) in [4.78, 5) is 10.9. The molecule has 0 spiro atoms. The molecule has 0 heterocycles. The molecule has 0 saturated heterocycles. The minimum absolute atomic E-state index is 0.0694. The van der Waals surface area contributed by atoms with Gasteiger partial charge in [0.15, 0.2) is 0 Å². The Morgan fingerprint density at radius 3 is 2.62 bits per heavy atom. The molecular weight excluding hydrogens is 357 g/mol. The summed E-state index contributed by atoms with van der Waals surface area (Å²) in [6.45, 7) is 1.80. The molecule has 21 heavy (non-hydrogen) atoms. The second-order valence-electron chi connectivity index (χ2n) is 3.91. The molecule has 2 N–H and O–H groups in total. The zero-order valence-electron chi connectivity index (χ0n) is 10.9. The highest BCUT2D eigenvalue weighted by Crippen LogP contribution is 2.30. The van der Waals surface area contributed by atoms with Crippen molar-refractivity contribution in [3.63, 3.8) is 0 Å². The Morgan fingerprint density at radius 1 is 1.48 bits per heavy atom. The van der Waals surface area contributed by atoms with Gasteiger partial charge in [0.2, 0.25) is 0 Å². The maximum atomic E-state index is 12.1. The normalized spacial score (nSPS) is 12.1. The van der Waals surface area contributed by atoms with Crippen LogP contribution in [0.25, 0.3) is 0 Å². The lowest BCUT2D eigenvalue weighted by Gasteiger charge is -2.11. The summed E-state index contributed by atoms with van der Waals surface area (Å²) in [6, 6.07) is 3.49. The lowest BCUT2D eigenvalue weighted by molar-refractivity contribution is -0.274. The molecule has 1 aromatic rings. The van der Waals surface area contributed by atoms with Crippen molar-refractivity contribution in [1.29, 1.82) is 0 Å². The lowest BCUT2D eigenvalue weighted by atomic mass is 10.2. The number of nitrogens with one attached hydrogen (secondary N) is 1. The number of anilines is 1. The van der Waals surface area contributed by atoms with Gasteiger partial charge < -0.3 is 9.84 Å². The van der Waals surface area contributed by atoms with Crippen LogP contribution in [0.5, 0.6) is 5.75 Å². The van der Waals surface area contributed by atoms with E-state index in [1.807, 2.05) is 0 Å². The standard InChI is InChI=1S/C12H12BrF3N2O3/c1-2-3-10(11(19)20)18-17-9-5-4-7(6-8(9)13)21-12(14,15)16/h4-6,17H,2-3H2,1H3,(H,19,20). The maximum absolute atomic E-state index is 12.1. The molecule has 0 aliphatic heterocycles. The minimum atomic E-state index is -4.77. The van der Waals surface area contributed by atoms with Crippen LogP contribution in [-0.4, -0.2) is 23.1 Å². The number of carboxylic acid groups (broad SMARTS) is 1. The van der Waals surface area contributed by atoms with Crippen LogP contribution in [-0.2, 0) is 4.79 Å². The Morgan fingerprint density at radius 2 is 2.14 bits per heavy atom. The Hall–Kier alpha value is -1.77. The van der Waals surface area contributed by atoms with E-state index in [0.717, 1.165) is 12.1 Å². The second-order valence-corrected chi connectivity index (χ2v) is 4.77. The number of hydrogen-bond donors (Lipinski definition) is 2. The molecule has 9 heteroatoms. The largest absolute Gasteiger partial charge is 0.573 e. The third kappa shape index (κ3) is 6.03. The molecule has 0 aliphatic rings. The van der Waals surface area contributed by atoms with E-state index in [2.05, 4.69) is 31.2 Å². The Balaban J connectivity index is 2.86. The van der Waals surface area contributed by atoms with Gasteiger partial charge >= 0.3 is 12.3 Å². The molecule has 0 aliphatic carbocycles. The number of ether oxygens (including phenoxy) is 1. The Kier molecular flexibility index (Phi) is 6.01. The van der Waals surface area contributed by atoms with E-state index in [1.54, 1.807) is 6.92 Å². The van der Waals surface area contributed by atoms with Crippen molar-refractivity contribution in [3.8, 4) is 5.75 Å². The van der Waals surface area contributed by atoms with Gasteiger partial charge in [-0.2, -0.15) is 5.10 Å². The third-order valence-corrected chi connectivity index (χ3v) is 2.88. The predicted octanol–water partition coefficient (Wildman–Crippen LogP) is 4.00. The smallest absolute Gasteiger partial charge is 0.477 e. The number of hydrogen-bond acceptors (Lipinski definition) is 4. The van der Waals surface area contributed by atoms with Gasteiger partial charge in [-0.05, 0) is 40.5 Å². The van der Waals surface area contributed by atoms with Crippen molar-refractivity contribution < 1.29 is 27.8 Å². The van der Waals surface area contributed by atoms with Gasteiger partial charge in [-0.25, -0.2) is 4.79 Å². The van der Waals surface area contributed by atoms with Gasteiger partial charge in [-0.1, -0.05) is 13.3 Å². The van der Waals surface area contributed by atoms with Crippen LogP contribution >= 0.6 is 15.9 Å². The summed E-state index contributed by atoms with van der Waals surface area (Å²) in [7, 11) is 0. The molecule has 116 valence electrons. The lowest BCUT2D eigenvalue weighted by Crippen LogP contribution is -2.17. The van der Waals surface area contributed by atoms with Crippen LogP contribution in [0, 0.1) is 0 Å². The number of alkyl halides is 3. The van der Waals surface area contributed by atoms with E-state index in [1.165, 1.54) is 6.07 Å². The summed E-state index contributed by atoms with van der Waals surface area (Å²) in [5.74, 6) is -1.55. The molecule has 0 radical (unpaired) electrons. The van der Waals surface area contributed by atoms with E-state index in [0.29, 0.717) is 12.1 Å². The minimum Gasteiger partial charge on any atom is -0.477 e. The number of halogens is 4. The van der Waals surface area contributed by atoms with E-state index < -0.39 is 18.1 Å². The Bertz CT molecular complexity index is 547. The molecule has 0 fully saturated rings. The molecule has 0 unspecified atom stereocenters. The van der Waals surface area contributed by atoms with Crippen molar-refractivity contribution in [1.82, 2.24) is 0 Å². The molecule has 0 bridgehead atoms. The van der Waals surface area contributed by atoms with Crippen LogP contribution in [0.15, 0.2) is 27.8 Å². The molecule has 1 rings (SSSR count). The van der Waals surface area contributed by atoms with Gasteiger partial charge in [0.1, 0.15) is 11.5 Å². The number of carbonyl (C=O) groups is 1. The number of aliphatic carboxylic acids is 1. The van der Waals surface area contributed by atoms with Crippen molar-refractivity contribution in [2.24, 2.45) is 5.10 Å². The first kappa shape index (κ1) is 17.3. The fraction of sp³-hybridized carbons (Fsp3) is 0.333. The van der Waals surface area contributed by atoms with Crippen LogP contribution < -0.4 is 10.2 Å². The molecule has 1 aromatic carbocycles. The molecule has 0 atom stereocenters. The van der Waals surface area contributed by atoms with E-state index in [4.69, 9.17) is 5.11 Å². The number of rotatable bonds is 6. The average Bonchev–Trinajstić information content (AvgIpc) is 2.34. The van der Waals surface area contributed by atoms with E-state index >= 15 is 0 Å². The third-order valence-electron chi connectivity index (χ3n) is 2.22. The SMILES string of the molecule is CCCC(=NNc1ccc(OC(F)(F)F)cc1Br)C(=O)O. The van der Waals surface area contributed by atoms with Crippen LogP contribution in [0.4, 0.5) is 18.9 Å². The van der Waals surface area contributed by atoms with Gasteiger partial charge in [0, 0.05) is 4.47 Å². The summed E-state index contributed by atoms with van der Waals surface area (Å²) >= 11 is 3.05. The average molecular weight is 369 g/mol. The highest BCUT2D eigenvalue weighted by atomic mass is 79.9. The molecular formula is C12H12BrF3N2O3. The van der Waals surface area contributed by atoms with E-state index in [9.17, 15) is 18.0 Å². The van der Waals surface area contributed by atoms with Gasteiger partial charge in [-0.15, -0.1) is 13.2 Å². The van der Waals surface area contributed by atoms with Crippen molar-refractivity contribution in [3.05, 3.63) is 22.7 Å². The topological polar surface area (TPSA) is 70.9 Å². The number of benzene rings is 1. The first-order chi connectivity index (χ1) is 9.73. The molecule has 0 amide bonds. The highest BCUT2D eigenvalue weighted by Gasteiger charge is 2.31. The van der Waals surface area contributed by atoms with Gasteiger partial charge in [0.05, 0.1) is 5.69 Å². The summed E-state index contributed by atoms with van der Waals surface area (Å²) in [5, 5.41) is 12.6. The zero-order chi connectivity index (χ0) is 16.0. The Labute approximate surface area is 126 Å². The first-order valence-electron chi connectivity index (χ1n) is 5.84. The summed E-state index contributed by atoms with van der Waals surface area (Å²) in [5.41, 5.74) is 2.74. The fourth-order valence-corrected chi connectivity index (χ4v) is 1.81. The number of hydrazone groups is 1. The van der Waals surface area contributed by atoms with Crippen molar-refractivity contribution in [2.45, 2.75) is 26.1 Å². The van der Waals surface area contributed by atoms with Crippen LogP contribution in [0.3, 0.4) is 0 Å². The fourth-order valence-electron chi connectivity index (χ4n) is 1.36. The maximum Gasteiger partial charge on any atom is 0.573 e. The summed E-state index contributed by atoms with van der Waals surface area (Å²) < 4.78 is 40.2. The van der Waals surface area contributed by atoms with Crippen molar-refractivity contribution >= 4 is 33.3 Å². The predicted molar refractivity (Wildman–Crippen MR) is 74.4 cm³/mol. The molecule has 0 aromatic heterocycles. The van der Waals surface area contributed by atoms with Crippen molar-refractivity contribution in [2.75, 3.05) is 5.43 Å². The number of nitrogens with zero attached hydrogens (tertiary/aromatic N) is 1. The van der Waals surface area contributed by atoms with Crippen LogP contribution in [0.1, 0.15) is 19.8 Å². The van der Waals surface area contributed by atoms with Crippen LogP contribution in [0.2, 0.25) is 0 Å². The zero-order valence-corrected chi connectivity index (χ0v) is 12.5. The van der Waals surface area contributed by atoms with Gasteiger partial charge in [-0.3, -0.25) is 5.43 Å². The molecule has 5 nitrogen and oxygen atoms in total. The summed E-state index contributed by atoms with van der Waals surface area (Å²) in [6.07, 6.45) is -3.90. The van der Waals surface area contributed by atoms with E-state index in [-0.39, 0.29) is 16.6 Å². The molecule has 0 saturated carbocycles. The monoisotopic (exact) mass is 368 g/mol. The quantitative estimate of drug-likeness (QED) is 0.588.